The van der Waals surface area contributed by atoms with Crippen LogP contribution in [0.5, 0.6) is 0 Å². The van der Waals surface area contributed by atoms with Gasteiger partial charge in [0, 0.05) is 56.3 Å². The average Bonchev–Trinajstić information content (AvgIpc) is 3.26. The predicted octanol–water partition coefficient (Wildman–Crippen LogP) is 3.24. The Morgan fingerprint density at radius 1 is 1.13 bits per heavy atom. The van der Waals surface area contributed by atoms with Crippen molar-refractivity contribution in [2.45, 2.75) is 45.1 Å². The summed E-state index contributed by atoms with van der Waals surface area (Å²) in [6.07, 6.45) is 6.06. The predicted molar refractivity (Wildman–Crippen MR) is 150 cm³/mol. The molecular weight excluding hydrogens is 480 g/mol. The van der Waals surface area contributed by atoms with Crippen molar-refractivity contribution < 1.29 is 14.4 Å². The molecule has 0 spiro atoms. The van der Waals surface area contributed by atoms with E-state index in [1.54, 1.807) is 4.57 Å². The van der Waals surface area contributed by atoms with Gasteiger partial charge in [-0.2, -0.15) is 0 Å². The number of nitrogens with one attached hydrogen (secondary N) is 2. The second kappa shape index (κ2) is 12.1. The molecule has 4 amide bonds. The molecule has 1 unspecified atom stereocenters. The number of imide groups is 1. The molecular formula is C29H42N6O3. The summed E-state index contributed by atoms with van der Waals surface area (Å²) in [5, 5.41) is 6.87. The van der Waals surface area contributed by atoms with Crippen LogP contribution in [0.15, 0.2) is 37.1 Å². The van der Waals surface area contributed by atoms with Crippen molar-refractivity contribution >= 4 is 28.9 Å². The molecule has 3 atom stereocenters. The number of nitrogens with zero attached hydrogens (tertiary/aromatic N) is 4. The van der Waals surface area contributed by atoms with Gasteiger partial charge in [-0.25, -0.2) is 9.59 Å². The van der Waals surface area contributed by atoms with Gasteiger partial charge in [-0.05, 0) is 70.9 Å². The van der Waals surface area contributed by atoms with Gasteiger partial charge in [-0.1, -0.05) is 18.2 Å². The van der Waals surface area contributed by atoms with Crippen LogP contribution in [-0.2, 0) is 11.2 Å². The summed E-state index contributed by atoms with van der Waals surface area (Å²) < 4.78 is 1.72. The summed E-state index contributed by atoms with van der Waals surface area (Å²) in [4.78, 5) is 45.5. The smallest absolute Gasteiger partial charge is 0.326 e. The van der Waals surface area contributed by atoms with E-state index in [2.05, 4.69) is 33.1 Å². The molecule has 0 radical (unpaired) electrons. The van der Waals surface area contributed by atoms with Gasteiger partial charge in [-0.15, -0.1) is 6.58 Å². The van der Waals surface area contributed by atoms with Crippen LogP contribution in [0.3, 0.4) is 0 Å². The van der Waals surface area contributed by atoms with Crippen LogP contribution in [0.4, 0.5) is 9.59 Å². The Morgan fingerprint density at radius 3 is 2.58 bits per heavy atom. The number of benzene rings is 1. The zero-order valence-electron chi connectivity index (χ0n) is 23.2. The fourth-order valence-corrected chi connectivity index (χ4v) is 6.19. The standard InChI is InChI=1S/C29H42N6O3/c1-6-13-33-18-21(27(36)34(28(37)30-7-2)15-10-14-32(4)5)16-23-22-11-9-12-24-26(22)20(17-25(23)33)19-35(24)29(38)31-8-3/h6,9,11-12,19,21,23,25H,1,7-8,10,13-18H2,2-5H3,(H,30,37)(H,31,38)/t21-,23?,25-/m1/s1. The zero-order valence-corrected chi connectivity index (χ0v) is 23.2. The molecule has 2 aromatic rings. The van der Waals surface area contributed by atoms with Crippen molar-refractivity contribution in [2.24, 2.45) is 5.92 Å². The van der Waals surface area contributed by atoms with Gasteiger partial charge in [0.05, 0.1) is 11.4 Å². The van der Waals surface area contributed by atoms with Crippen LogP contribution in [0.25, 0.3) is 10.9 Å². The highest BCUT2D eigenvalue weighted by Crippen LogP contribution is 2.45. The molecule has 1 aromatic heterocycles. The lowest BCUT2D eigenvalue weighted by Crippen LogP contribution is -2.55. The SMILES string of the molecule is C=CCN1C[C@H](C(=O)N(CCCN(C)C)C(=O)NCC)CC2c3cccc4c3c(cn4C(=O)NCC)C[C@H]21. The van der Waals surface area contributed by atoms with Gasteiger partial charge in [0.15, 0.2) is 0 Å². The molecule has 206 valence electrons. The molecule has 9 nitrogen and oxygen atoms in total. The van der Waals surface area contributed by atoms with Gasteiger partial charge in [0.25, 0.3) is 0 Å². The first-order chi connectivity index (χ1) is 18.3. The third-order valence-electron chi connectivity index (χ3n) is 7.78. The summed E-state index contributed by atoms with van der Waals surface area (Å²) in [5.74, 6) is -0.294. The first-order valence-corrected chi connectivity index (χ1v) is 13.8. The highest BCUT2D eigenvalue weighted by atomic mass is 16.2. The van der Waals surface area contributed by atoms with E-state index in [0.29, 0.717) is 39.1 Å². The fraction of sp³-hybridized carbons (Fsp3) is 0.552. The maximum absolute atomic E-state index is 13.9. The van der Waals surface area contributed by atoms with Crippen LogP contribution < -0.4 is 10.6 Å². The first-order valence-electron chi connectivity index (χ1n) is 13.8. The number of aromatic nitrogens is 1. The Kier molecular flexibility index (Phi) is 8.89. The Morgan fingerprint density at radius 2 is 1.89 bits per heavy atom. The van der Waals surface area contributed by atoms with Crippen molar-refractivity contribution in [1.29, 1.82) is 0 Å². The molecule has 2 aliphatic rings. The summed E-state index contributed by atoms with van der Waals surface area (Å²) in [6, 6.07) is 5.89. The van der Waals surface area contributed by atoms with Crippen LogP contribution in [0.1, 0.15) is 43.7 Å². The number of rotatable bonds is 9. The lowest BCUT2D eigenvalue weighted by molar-refractivity contribution is -0.135. The Bertz CT molecular complexity index is 1190. The quantitative estimate of drug-likeness (QED) is 0.494. The summed E-state index contributed by atoms with van der Waals surface area (Å²) in [6.45, 7) is 11.2. The third kappa shape index (κ3) is 5.49. The van der Waals surface area contributed by atoms with Crippen molar-refractivity contribution in [3.63, 3.8) is 0 Å². The van der Waals surface area contributed by atoms with Crippen LogP contribution in [-0.4, -0.2) is 96.6 Å². The molecule has 2 N–H and O–H groups in total. The lowest BCUT2D eigenvalue weighted by atomic mass is 9.72. The van der Waals surface area contributed by atoms with Crippen molar-refractivity contribution in [2.75, 3.05) is 53.4 Å². The van der Waals surface area contributed by atoms with E-state index in [1.165, 1.54) is 10.5 Å². The molecule has 1 fully saturated rings. The van der Waals surface area contributed by atoms with Crippen LogP contribution >= 0.6 is 0 Å². The van der Waals surface area contributed by atoms with Crippen LogP contribution in [0, 0.1) is 5.92 Å². The van der Waals surface area contributed by atoms with E-state index in [1.807, 2.05) is 52.3 Å². The average molecular weight is 523 g/mol. The number of carbonyl (C=O) groups is 3. The summed E-state index contributed by atoms with van der Waals surface area (Å²) >= 11 is 0. The van der Waals surface area contributed by atoms with Crippen LogP contribution in [0.2, 0.25) is 0 Å². The lowest BCUT2D eigenvalue weighted by Gasteiger charge is -2.47. The Labute approximate surface area is 225 Å². The molecule has 0 bridgehead atoms. The topological polar surface area (TPSA) is 89.9 Å². The minimum absolute atomic E-state index is 0.111. The van der Waals surface area contributed by atoms with Crippen molar-refractivity contribution in [3.05, 3.63) is 48.2 Å². The Balaban J connectivity index is 1.67. The second-order valence-electron chi connectivity index (χ2n) is 10.6. The van der Waals surface area contributed by atoms with Gasteiger partial charge in [0.1, 0.15) is 0 Å². The van der Waals surface area contributed by atoms with Gasteiger partial charge < -0.3 is 15.5 Å². The number of carbonyl (C=O) groups excluding carboxylic acids is 3. The molecule has 2 heterocycles. The number of amides is 4. The molecule has 1 saturated heterocycles. The van der Waals surface area contributed by atoms with E-state index in [9.17, 15) is 14.4 Å². The van der Waals surface area contributed by atoms with Crippen molar-refractivity contribution in [3.8, 4) is 0 Å². The number of piperidine rings is 1. The van der Waals surface area contributed by atoms with Gasteiger partial charge in [0.2, 0.25) is 5.91 Å². The molecule has 1 aromatic carbocycles. The van der Waals surface area contributed by atoms with Gasteiger partial charge >= 0.3 is 12.1 Å². The first kappa shape index (κ1) is 27.9. The number of urea groups is 1. The normalized spacial score (nSPS) is 20.7. The van der Waals surface area contributed by atoms with E-state index in [-0.39, 0.29) is 35.8 Å². The maximum Gasteiger partial charge on any atom is 0.326 e. The molecule has 1 aliphatic heterocycles. The third-order valence-corrected chi connectivity index (χ3v) is 7.78. The van der Waals surface area contributed by atoms with E-state index in [0.717, 1.165) is 35.9 Å². The molecule has 38 heavy (non-hydrogen) atoms. The largest absolute Gasteiger partial charge is 0.338 e. The number of likely N-dealkylation sites (tertiary alicyclic amines) is 1. The number of hydrogen-bond acceptors (Lipinski definition) is 5. The molecule has 9 heteroatoms. The van der Waals surface area contributed by atoms with E-state index in [4.69, 9.17) is 0 Å². The van der Waals surface area contributed by atoms with Crippen molar-refractivity contribution in [1.82, 2.24) is 29.9 Å². The summed E-state index contributed by atoms with van der Waals surface area (Å²) in [5.41, 5.74) is 3.24. The number of fused-ring (bicyclic) bond motifs is 2. The monoisotopic (exact) mass is 522 g/mol. The highest BCUT2D eigenvalue weighted by Gasteiger charge is 2.44. The second-order valence-corrected chi connectivity index (χ2v) is 10.6. The van der Waals surface area contributed by atoms with E-state index < -0.39 is 0 Å². The molecule has 1 aliphatic carbocycles. The number of hydrogen-bond donors (Lipinski definition) is 2. The fourth-order valence-electron chi connectivity index (χ4n) is 6.19. The minimum Gasteiger partial charge on any atom is -0.338 e. The molecule has 0 saturated carbocycles. The maximum atomic E-state index is 13.9. The zero-order chi connectivity index (χ0) is 27.4. The molecule has 4 rings (SSSR count). The minimum atomic E-state index is -0.319. The Hall–Kier alpha value is -3.17. The summed E-state index contributed by atoms with van der Waals surface area (Å²) in [7, 11) is 3.98. The van der Waals surface area contributed by atoms with E-state index >= 15 is 0 Å². The highest BCUT2D eigenvalue weighted by molar-refractivity contribution is 5.97. The van der Waals surface area contributed by atoms with Gasteiger partial charge in [-0.3, -0.25) is 19.2 Å².